The summed E-state index contributed by atoms with van der Waals surface area (Å²) >= 11 is 0. The Labute approximate surface area is 117 Å². The van der Waals surface area contributed by atoms with Gasteiger partial charge in [-0.05, 0) is 24.3 Å². The Morgan fingerprint density at radius 1 is 1.40 bits per heavy atom. The lowest BCUT2D eigenvalue weighted by atomic mass is 10.1. The summed E-state index contributed by atoms with van der Waals surface area (Å²) in [7, 11) is 1.58. The van der Waals surface area contributed by atoms with E-state index in [1.54, 1.807) is 43.6 Å². The number of rotatable bonds is 5. The van der Waals surface area contributed by atoms with E-state index < -0.39 is 0 Å². The summed E-state index contributed by atoms with van der Waals surface area (Å²) in [6.45, 7) is 1.82. The molecule has 0 radical (unpaired) electrons. The second-order valence-corrected chi connectivity index (χ2v) is 4.25. The Morgan fingerprint density at radius 2 is 2.20 bits per heavy atom. The molecule has 5 heteroatoms. The number of nitrogens with one attached hydrogen (secondary N) is 1. The van der Waals surface area contributed by atoms with Crippen molar-refractivity contribution in [2.45, 2.75) is 13.3 Å². The molecule has 2 aromatic rings. The molecule has 20 heavy (non-hydrogen) atoms. The number of benzene rings is 1. The molecule has 0 aliphatic heterocycles. The van der Waals surface area contributed by atoms with Gasteiger partial charge in [0.2, 0.25) is 0 Å². The molecule has 0 aliphatic carbocycles. The first-order valence-electron chi connectivity index (χ1n) is 6.34. The zero-order chi connectivity index (χ0) is 14.5. The average Bonchev–Trinajstić information content (AvgIpc) is 2.49. The molecule has 1 aromatic heterocycles. The number of anilines is 3. The second kappa shape index (κ2) is 6.06. The molecule has 0 bridgehead atoms. The maximum absolute atomic E-state index is 11.9. The number of methoxy groups -OCH3 is 1. The van der Waals surface area contributed by atoms with E-state index in [-0.39, 0.29) is 5.78 Å². The van der Waals surface area contributed by atoms with Gasteiger partial charge in [0, 0.05) is 18.7 Å². The van der Waals surface area contributed by atoms with E-state index in [9.17, 15) is 4.79 Å². The summed E-state index contributed by atoms with van der Waals surface area (Å²) in [4.78, 5) is 16.1. The predicted molar refractivity (Wildman–Crippen MR) is 79.5 cm³/mol. The number of ketones is 1. The quantitative estimate of drug-likeness (QED) is 0.645. The maximum Gasteiger partial charge on any atom is 0.166 e. The van der Waals surface area contributed by atoms with Crippen LogP contribution in [0.3, 0.4) is 0 Å². The average molecular weight is 271 g/mol. The molecule has 0 saturated carbocycles. The van der Waals surface area contributed by atoms with Gasteiger partial charge in [0.05, 0.1) is 24.0 Å². The first-order chi connectivity index (χ1) is 9.65. The fourth-order valence-corrected chi connectivity index (χ4v) is 1.83. The van der Waals surface area contributed by atoms with Crippen molar-refractivity contribution in [3.05, 3.63) is 42.1 Å². The Bertz CT molecular complexity index is 626. The fourth-order valence-electron chi connectivity index (χ4n) is 1.83. The zero-order valence-electron chi connectivity index (χ0n) is 11.5. The molecular weight excluding hydrogens is 254 g/mol. The van der Waals surface area contributed by atoms with E-state index >= 15 is 0 Å². The van der Waals surface area contributed by atoms with Crippen LogP contribution in [0.5, 0.6) is 5.75 Å². The smallest absolute Gasteiger partial charge is 0.166 e. The highest BCUT2D eigenvalue weighted by Gasteiger charge is 2.11. The minimum Gasteiger partial charge on any atom is -0.497 e. The van der Waals surface area contributed by atoms with Crippen molar-refractivity contribution in [2.75, 3.05) is 18.2 Å². The van der Waals surface area contributed by atoms with Gasteiger partial charge in [0.1, 0.15) is 11.6 Å². The van der Waals surface area contributed by atoms with E-state index in [1.807, 2.05) is 6.92 Å². The highest BCUT2D eigenvalue weighted by Crippen LogP contribution is 2.27. The lowest BCUT2D eigenvalue weighted by molar-refractivity contribution is 0.0988. The minimum absolute atomic E-state index is 0.0349. The number of carbonyl (C=O) groups is 1. The summed E-state index contributed by atoms with van der Waals surface area (Å²) in [6.07, 6.45) is 2.06. The highest BCUT2D eigenvalue weighted by molar-refractivity contribution is 6.01. The molecule has 0 fully saturated rings. The van der Waals surface area contributed by atoms with E-state index in [0.29, 0.717) is 34.9 Å². The lowest BCUT2D eigenvalue weighted by Crippen LogP contribution is -2.05. The Morgan fingerprint density at radius 3 is 2.85 bits per heavy atom. The number of ether oxygens (including phenoxy) is 1. The summed E-state index contributed by atoms with van der Waals surface area (Å²) in [5.74, 6) is 1.22. The molecule has 104 valence electrons. The van der Waals surface area contributed by atoms with Crippen molar-refractivity contribution in [3.63, 3.8) is 0 Å². The molecule has 1 heterocycles. The van der Waals surface area contributed by atoms with Crippen LogP contribution in [0.15, 0.2) is 36.5 Å². The monoisotopic (exact) mass is 271 g/mol. The second-order valence-electron chi connectivity index (χ2n) is 4.25. The first kappa shape index (κ1) is 13.9. The number of carbonyl (C=O) groups excluding carboxylic acids is 1. The number of hydrogen-bond acceptors (Lipinski definition) is 5. The molecule has 0 spiro atoms. The van der Waals surface area contributed by atoms with Gasteiger partial charge in [-0.1, -0.05) is 6.92 Å². The standard InChI is InChI=1S/C15H17N3O2/c1-3-14(19)11-5-4-8-17-15(11)18-13-7-6-10(20-2)9-12(13)16/h4-9H,3,16H2,1-2H3,(H,17,18). The van der Waals surface area contributed by atoms with E-state index in [4.69, 9.17) is 10.5 Å². The van der Waals surface area contributed by atoms with Crippen LogP contribution in [0.4, 0.5) is 17.2 Å². The summed E-state index contributed by atoms with van der Waals surface area (Å²) in [6, 6.07) is 8.80. The topological polar surface area (TPSA) is 77.2 Å². The van der Waals surface area contributed by atoms with Crippen molar-refractivity contribution in [1.29, 1.82) is 0 Å². The number of aromatic nitrogens is 1. The molecule has 1 aromatic carbocycles. The molecule has 3 N–H and O–H groups in total. The first-order valence-corrected chi connectivity index (χ1v) is 6.34. The van der Waals surface area contributed by atoms with Crippen LogP contribution in [-0.4, -0.2) is 17.9 Å². The van der Waals surface area contributed by atoms with Gasteiger partial charge < -0.3 is 15.8 Å². The molecule has 0 aliphatic rings. The van der Waals surface area contributed by atoms with Gasteiger partial charge in [0.25, 0.3) is 0 Å². The van der Waals surface area contributed by atoms with Crippen LogP contribution in [0.2, 0.25) is 0 Å². The number of nitrogens with zero attached hydrogens (tertiary/aromatic N) is 1. The molecule has 0 saturated heterocycles. The van der Waals surface area contributed by atoms with Crippen LogP contribution in [0, 0.1) is 0 Å². The fraction of sp³-hybridized carbons (Fsp3) is 0.200. The number of Topliss-reactive ketones (excluding diaryl/α,β-unsaturated/α-hetero) is 1. The Kier molecular flexibility index (Phi) is 4.20. The van der Waals surface area contributed by atoms with Crippen molar-refractivity contribution in [3.8, 4) is 5.75 Å². The van der Waals surface area contributed by atoms with Gasteiger partial charge in [-0.3, -0.25) is 4.79 Å². The lowest BCUT2D eigenvalue weighted by Gasteiger charge is -2.12. The van der Waals surface area contributed by atoms with Gasteiger partial charge in [0.15, 0.2) is 5.78 Å². The van der Waals surface area contributed by atoms with Gasteiger partial charge in [-0.15, -0.1) is 0 Å². The molecule has 0 amide bonds. The summed E-state index contributed by atoms with van der Waals surface area (Å²) in [5.41, 5.74) is 7.73. The number of nitrogens with two attached hydrogens (primary N) is 1. The normalized spacial score (nSPS) is 10.1. The molecule has 0 unspecified atom stereocenters. The number of nitrogen functional groups attached to an aromatic ring is 1. The predicted octanol–water partition coefficient (Wildman–Crippen LogP) is 3.01. The number of hydrogen-bond donors (Lipinski definition) is 2. The van der Waals surface area contributed by atoms with Crippen LogP contribution in [-0.2, 0) is 0 Å². The summed E-state index contributed by atoms with van der Waals surface area (Å²) in [5, 5.41) is 3.09. The molecule has 0 atom stereocenters. The zero-order valence-corrected chi connectivity index (χ0v) is 11.5. The van der Waals surface area contributed by atoms with Crippen molar-refractivity contribution >= 4 is 23.0 Å². The van der Waals surface area contributed by atoms with E-state index in [0.717, 1.165) is 0 Å². The Balaban J connectivity index is 2.33. The highest BCUT2D eigenvalue weighted by atomic mass is 16.5. The van der Waals surface area contributed by atoms with Gasteiger partial charge >= 0.3 is 0 Å². The van der Waals surface area contributed by atoms with Crippen LogP contribution < -0.4 is 15.8 Å². The third-order valence-electron chi connectivity index (χ3n) is 2.94. The molecule has 2 rings (SSSR count). The minimum atomic E-state index is 0.0349. The summed E-state index contributed by atoms with van der Waals surface area (Å²) < 4.78 is 5.10. The number of pyridine rings is 1. The van der Waals surface area contributed by atoms with Crippen LogP contribution in [0.25, 0.3) is 0 Å². The molecule has 5 nitrogen and oxygen atoms in total. The Hall–Kier alpha value is -2.56. The van der Waals surface area contributed by atoms with Gasteiger partial charge in [-0.25, -0.2) is 4.98 Å². The van der Waals surface area contributed by atoms with Crippen LogP contribution >= 0.6 is 0 Å². The third kappa shape index (κ3) is 2.88. The van der Waals surface area contributed by atoms with E-state index in [1.165, 1.54) is 0 Å². The SMILES string of the molecule is CCC(=O)c1cccnc1Nc1ccc(OC)cc1N. The van der Waals surface area contributed by atoms with E-state index in [2.05, 4.69) is 10.3 Å². The molecular formula is C15H17N3O2. The largest absolute Gasteiger partial charge is 0.497 e. The van der Waals surface area contributed by atoms with Crippen molar-refractivity contribution < 1.29 is 9.53 Å². The van der Waals surface area contributed by atoms with Crippen molar-refractivity contribution in [1.82, 2.24) is 4.98 Å². The van der Waals surface area contributed by atoms with Crippen LogP contribution in [0.1, 0.15) is 23.7 Å². The maximum atomic E-state index is 11.9. The third-order valence-corrected chi connectivity index (χ3v) is 2.94. The van der Waals surface area contributed by atoms with Crippen molar-refractivity contribution in [2.24, 2.45) is 0 Å². The van der Waals surface area contributed by atoms with Gasteiger partial charge in [-0.2, -0.15) is 0 Å².